The van der Waals surface area contributed by atoms with Crippen molar-refractivity contribution in [3.63, 3.8) is 0 Å². The molecule has 66 valence electrons. The summed E-state index contributed by atoms with van der Waals surface area (Å²) in [5.41, 5.74) is 1.92. The Morgan fingerprint density at radius 1 is 1.46 bits per heavy atom. The van der Waals surface area contributed by atoms with Crippen molar-refractivity contribution in [2.24, 2.45) is 7.05 Å². The quantitative estimate of drug-likeness (QED) is 0.643. The maximum Gasteiger partial charge on any atom is 0.126 e. The van der Waals surface area contributed by atoms with E-state index in [4.69, 9.17) is 0 Å². The van der Waals surface area contributed by atoms with Gasteiger partial charge in [-0.3, -0.25) is 4.68 Å². The Balaban J connectivity index is 2.70. The van der Waals surface area contributed by atoms with E-state index in [1.54, 1.807) is 4.68 Å². The fourth-order valence-corrected chi connectivity index (χ4v) is 1.52. The van der Waals surface area contributed by atoms with E-state index in [0.717, 1.165) is 22.9 Å². The predicted octanol–water partition coefficient (Wildman–Crippen LogP) is 1.31. The van der Waals surface area contributed by atoms with Crippen LogP contribution in [0.2, 0.25) is 0 Å². The summed E-state index contributed by atoms with van der Waals surface area (Å²) in [5, 5.41) is 5.33. The molecule has 0 spiro atoms. The van der Waals surface area contributed by atoms with E-state index in [1.165, 1.54) is 0 Å². The summed E-state index contributed by atoms with van der Waals surface area (Å²) >= 11 is 0. The minimum absolute atomic E-state index is 0.390. The van der Waals surface area contributed by atoms with Crippen molar-refractivity contribution in [1.29, 1.82) is 0 Å². The molecule has 1 heterocycles. The zero-order valence-corrected chi connectivity index (χ0v) is 7.40. The minimum atomic E-state index is 0.390. The van der Waals surface area contributed by atoms with Gasteiger partial charge in [-0.15, -0.1) is 0 Å². The number of rotatable bonds is 2. The fraction of sp³-hybridized carbons (Fsp3) is 0.200. The maximum atomic E-state index is 10.4. The average molecular weight is 174 g/mol. The molecule has 0 aliphatic heterocycles. The third-order valence-corrected chi connectivity index (χ3v) is 2.11. The van der Waals surface area contributed by atoms with Crippen molar-refractivity contribution in [1.82, 2.24) is 9.78 Å². The van der Waals surface area contributed by atoms with E-state index in [9.17, 15) is 4.79 Å². The molecule has 0 saturated carbocycles. The lowest BCUT2D eigenvalue weighted by Gasteiger charge is -1.90. The third-order valence-electron chi connectivity index (χ3n) is 2.11. The van der Waals surface area contributed by atoms with Gasteiger partial charge in [0.05, 0.1) is 11.2 Å². The van der Waals surface area contributed by atoms with Crippen LogP contribution in [-0.4, -0.2) is 16.1 Å². The Morgan fingerprint density at radius 3 is 3.00 bits per heavy atom. The van der Waals surface area contributed by atoms with Crippen LogP contribution in [0.5, 0.6) is 0 Å². The lowest BCUT2D eigenvalue weighted by atomic mass is 10.2. The predicted molar refractivity (Wildman–Crippen MR) is 50.5 cm³/mol. The lowest BCUT2D eigenvalue weighted by molar-refractivity contribution is -0.107. The maximum absolute atomic E-state index is 10.4. The zero-order chi connectivity index (χ0) is 9.26. The fourth-order valence-electron chi connectivity index (χ4n) is 1.52. The molecule has 3 heteroatoms. The molecule has 0 radical (unpaired) electrons. The molecule has 0 N–H and O–H groups in total. The third kappa shape index (κ3) is 1.22. The van der Waals surface area contributed by atoms with Gasteiger partial charge < -0.3 is 4.79 Å². The van der Waals surface area contributed by atoms with Gasteiger partial charge in [-0.05, 0) is 6.07 Å². The van der Waals surface area contributed by atoms with Gasteiger partial charge >= 0.3 is 0 Å². The highest BCUT2D eigenvalue weighted by molar-refractivity contribution is 5.83. The van der Waals surface area contributed by atoms with Crippen molar-refractivity contribution in [3.8, 4) is 0 Å². The van der Waals surface area contributed by atoms with Gasteiger partial charge in [0.2, 0.25) is 0 Å². The molecule has 0 fully saturated rings. The molecule has 3 nitrogen and oxygen atoms in total. The van der Waals surface area contributed by atoms with E-state index < -0.39 is 0 Å². The second-order valence-electron chi connectivity index (χ2n) is 2.96. The first kappa shape index (κ1) is 7.98. The number of aromatic nitrogens is 2. The van der Waals surface area contributed by atoms with Crippen molar-refractivity contribution in [2.75, 3.05) is 0 Å². The summed E-state index contributed by atoms with van der Waals surface area (Å²) in [7, 11) is 1.89. The summed E-state index contributed by atoms with van der Waals surface area (Å²) in [6.45, 7) is 0. The number of nitrogens with zero attached hydrogens (tertiary/aromatic N) is 2. The average Bonchev–Trinajstić information content (AvgIpc) is 2.46. The molecule has 2 aromatic rings. The molecule has 2 rings (SSSR count). The van der Waals surface area contributed by atoms with Gasteiger partial charge in [0.1, 0.15) is 6.29 Å². The molecule has 0 aliphatic carbocycles. The monoisotopic (exact) mass is 174 g/mol. The number of carbonyl (C=O) groups is 1. The Morgan fingerprint density at radius 2 is 2.23 bits per heavy atom. The summed E-state index contributed by atoms with van der Waals surface area (Å²) in [5.74, 6) is 0. The molecule has 1 aromatic heterocycles. The summed E-state index contributed by atoms with van der Waals surface area (Å²) in [4.78, 5) is 10.4. The molecule has 0 aliphatic rings. The Hall–Kier alpha value is -1.64. The molecule has 1 aromatic carbocycles. The van der Waals surface area contributed by atoms with E-state index in [-0.39, 0.29) is 0 Å². The van der Waals surface area contributed by atoms with Crippen molar-refractivity contribution in [3.05, 3.63) is 30.0 Å². The van der Waals surface area contributed by atoms with Crippen LogP contribution in [0.4, 0.5) is 0 Å². The van der Waals surface area contributed by atoms with Crippen LogP contribution in [0, 0.1) is 0 Å². The summed E-state index contributed by atoms with van der Waals surface area (Å²) in [6.07, 6.45) is 1.27. The molecule has 0 bridgehead atoms. The van der Waals surface area contributed by atoms with E-state index in [2.05, 4.69) is 5.10 Å². The van der Waals surface area contributed by atoms with Crippen molar-refractivity contribution < 1.29 is 4.79 Å². The number of para-hydroxylation sites is 1. The highest BCUT2D eigenvalue weighted by atomic mass is 16.1. The largest absolute Gasteiger partial charge is 0.303 e. The number of hydrogen-bond donors (Lipinski definition) is 0. The number of fused-ring (bicyclic) bond motifs is 1. The van der Waals surface area contributed by atoms with Crippen LogP contribution >= 0.6 is 0 Å². The highest BCUT2D eigenvalue weighted by Gasteiger charge is 2.05. The second kappa shape index (κ2) is 3.01. The van der Waals surface area contributed by atoms with Gasteiger partial charge in [0.25, 0.3) is 0 Å². The van der Waals surface area contributed by atoms with Gasteiger partial charge in [-0.25, -0.2) is 0 Å². The van der Waals surface area contributed by atoms with Gasteiger partial charge in [0.15, 0.2) is 0 Å². The van der Waals surface area contributed by atoms with Gasteiger partial charge in [-0.1, -0.05) is 18.2 Å². The second-order valence-corrected chi connectivity index (χ2v) is 2.96. The molecule has 0 amide bonds. The topological polar surface area (TPSA) is 34.9 Å². The van der Waals surface area contributed by atoms with Crippen molar-refractivity contribution >= 4 is 17.2 Å². The lowest BCUT2D eigenvalue weighted by Crippen LogP contribution is -1.92. The first-order valence-corrected chi connectivity index (χ1v) is 4.17. The first-order chi connectivity index (χ1) is 6.33. The first-order valence-electron chi connectivity index (χ1n) is 4.17. The van der Waals surface area contributed by atoms with E-state index in [1.807, 2.05) is 31.3 Å². The Bertz CT molecular complexity index is 445. The van der Waals surface area contributed by atoms with Crippen molar-refractivity contribution in [2.45, 2.75) is 6.42 Å². The van der Waals surface area contributed by atoms with E-state index in [0.29, 0.717) is 6.42 Å². The molecule has 0 atom stereocenters. The zero-order valence-electron chi connectivity index (χ0n) is 7.40. The molecule has 0 unspecified atom stereocenters. The summed E-state index contributed by atoms with van der Waals surface area (Å²) < 4.78 is 1.80. The number of aryl methyl sites for hydroxylation is 1. The standard InChI is InChI=1S/C10H10N2O/c1-12-10-5-3-2-4-8(10)9(11-12)6-7-13/h2-5,7H,6H2,1H3. The van der Waals surface area contributed by atoms with Crippen LogP contribution in [-0.2, 0) is 18.3 Å². The normalized spacial score (nSPS) is 10.5. The number of aldehydes is 1. The van der Waals surface area contributed by atoms with Crippen LogP contribution in [0.15, 0.2) is 24.3 Å². The molecular weight excluding hydrogens is 164 g/mol. The molecular formula is C10H10N2O. The Labute approximate surface area is 76.0 Å². The smallest absolute Gasteiger partial charge is 0.126 e. The van der Waals surface area contributed by atoms with Gasteiger partial charge in [0, 0.05) is 18.9 Å². The molecule has 13 heavy (non-hydrogen) atoms. The minimum Gasteiger partial charge on any atom is -0.303 e. The van der Waals surface area contributed by atoms with Crippen LogP contribution in [0.3, 0.4) is 0 Å². The van der Waals surface area contributed by atoms with E-state index >= 15 is 0 Å². The summed E-state index contributed by atoms with van der Waals surface area (Å²) in [6, 6.07) is 7.91. The number of hydrogen-bond acceptors (Lipinski definition) is 2. The SMILES string of the molecule is Cn1nc(CC=O)c2ccccc21. The highest BCUT2D eigenvalue weighted by Crippen LogP contribution is 2.16. The van der Waals surface area contributed by atoms with Crippen LogP contribution in [0.1, 0.15) is 5.69 Å². The van der Waals surface area contributed by atoms with Crippen LogP contribution in [0.25, 0.3) is 10.9 Å². The van der Waals surface area contributed by atoms with Crippen LogP contribution < -0.4 is 0 Å². The number of carbonyl (C=O) groups excluding carboxylic acids is 1. The molecule has 0 saturated heterocycles. The Kier molecular flexibility index (Phi) is 1.85. The van der Waals surface area contributed by atoms with Gasteiger partial charge in [-0.2, -0.15) is 5.10 Å². The number of benzene rings is 1.